The van der Waals surface area contributed by atoms with Crippen LogP contribution in [-0.2, 0) is 6.42 Å². The molecule has 0 amide bonds. The maximum Gasteiger partial charge on any atom is 0.129 e. The minimum absolute atomic E-state index is 0.0914. The number of halogens is 3. The van der Waals surface area contributed by atoms with Crippen LogP contribution in [0.4, 0.5) is 8.78 Å². The van der Waals surface area contributed by atoms with Gasteiger partial charge in [0.2, 0.25) is 0 Å². The summed E-state index contributed by atoms with van der Waals surface area (Å²) in [6.07, 6.45) is 0.248. The first-order valence-electron chi connectivity index (χ1n) is 6.01. The fourth-order valence-electron chi connectivity index (χ4n) is 2.10. The molecule has 0 bridgehead atoms. The molecule has 4 heteroatoms. The van der Waals surface area contributed by atoms with Crippen molar-refractivity contribution in [1.29, 1.82) is 0 Å². The van der Waals surface area contributed by atoms with E-state index in [2.05, 4.69) is 15.9 Å². The lowest BCUT2D eigenvalue weighted by Crippen LogP contribution is -2.17. The van der Waals surface area contributed by atoms with Crippen LogP contribution < -0.4 is 5.73 Å². The van der Waals surface area contributed by atoms with E-state index in [1.807, 2.05) is 24.3 Å². The number of benzene rings is 2. The Bertz CT molecular complexity index is 552. The second-order valence-corrected chi connectivity index (χ2v) is 5.21. The Hall–Kier alpha value is -1.26. The molecule has 0 aliphatic rings. The topological polar surface area (TPSA) is 26.0 Å². The molecule has 1 unspecified atom stereocenters. The van der Waals surface area contributed by atoms with E-state index in [0.717, 1.165) is 10.0 Å². The van der Waals surface area contributed by atoms with E-state index in [-0.39, 0.29) is 17.9 Å². The first-order chi connectivity index (χ1) is 9.13. The quantitative estimate of drug-likeness (QED) is 0.903. The second kappa shape index (κ2) is 6.26. The first kappa shape index (κ1) is 14.2. The molecule has 0 saturated heterocycles. The lowest BCUT2D eigenvalue weighted by Gasteiger charge is -2.17. The van der Waals surface area contributed by atoms with Crippen molar-refractivity contribution < 1.29 is 8.78 Å². The molecule has 19 heavy (non-hydrogen) atoms. The van der Waals surface area contributed by atoms with Crippen LogP contribution in [-0.4, -0.2) is 6.54 Å². The summed E-state index contributed by atoms with van der Waals surface area (Å²) in [6, 6.07) is 11.5. The van der Waals surface area contributed by atoms with E-state index in [9.17, 15) is 8.78 Å². The van der Waals surface area contributed by atoms with Gasteiger partial charge in [-0.3, -0.25) is 0 Å². The number of rotatable bonds is 4. The van der Waals surface area contributed by atoms with Gasteiger partial charge < -0.3 is 5.73 Å². The molecule has 0 heterocycles. The van der Waals surface area contributed by atoms with Crippen molar-refractivity contribution in [2.24, 2.45) is 5.73 Å². The van der Waals surface area contributed by atoms with Gasteiger partial charge in [0.1, 0.15) is 11.6 Å². The van der Waals surface area contributed by atoms with Gasteiger partial charge in [-0.05, 0) is 36.7 Å². The predicted molar refractivity (Wildman–Crippen MR) is 76.0 cm³/mol. The summed E-state index contributed by atoms with van der Waals surface area (Å²) in [7, 11) is 0. The smallest absolute Gasteiger partial charge is 0.129 e. The minimum Gasteiger partial charge on any atom is -0.330 e. The van der Waals surface area contributed by atoms with E-state index >= 15 is 0 Å². The molecule has 2 N–H and O–H groups in total. The fourth-order valence-corrected chi connectivity index (χ4v) is 2.71. The highest BCUT2D eigenvalue weighted by Gasteiger charge is 2.18. The van der Waals surface area contributed by atoms with Gasteiger partial charge >= 0.3 is 0 Å². The van der Waals surface area contributed by atoms with Crippen LogP contribution in [0.15, 0.2) is 46.9 Å². The largest absolute Gasteiger partial charge is 0.330 e. The van der Waals surface area contributed by atoms with Gasteiger partial charge in [-0.2, -0.15) is 0 Å². The molecule has 2 rings (SSSR count). The SMILES string of the molecule is NCC(Cc1c(F)cccc1F)c1ccccc1Br. The normalized spacial score (nSPS) is 12.4. The molecule has 1 nitrogen and oxygen atoms in total. The molecule has 0 spiro atoms. The molecular formula is C15H14BrF2N. The van der Waals surface area contributed by atoms with Crippen LogP contribution in [0.5, 0.6) is 0 Å². The Balaban J connectivity index is 2.32. The zero-order chi connectivity index (χ0) is 13.8. The zero-order valence-electron chi connectivity index (χ0n) is 10.2. The van der Waals surface area contributed by atoms with Gasteiger partial charge in [0.15, 0.2) is 0 Å². The van der Waals surface area contributed by atoms with E-state index in [1.54, 1.807) is 0 Å². The van der Waals surface area contributed by atoms with Gasteiger partial charge in [0, 0.05) is 16.0 Å². The summed E-state index contributed by atoms with van der Waals surface area (Å²) in [5.41, 5.74) is 6.81. The van der Waals surface area contributed by atoms with E-state index < -0.39 is 11.6 Å². The van der Waals surface area contributed by atoms with Crippen LogP contribution in [0, 0.1) is 11.6 Å². The van der Waals surface area contributed by atoms with Crippen molar-refractivity contribution in [2.75, 3.05) is 6.54 Å². The average molecular weight is 326 g/mol. The number of hydrogen-bond acceptors (Lipinski definition) is 1. The Labute approximate surface area is 119 Å². The lowest BCUT2D eigenvalue weighted by atomic mass is 9.91. The third-order valence-corrected chi connectivity index (χ3v) is 3.86. The van der Waals surface area contributed by atoms with Crippen molar-refractivity contribution in [3.8, 4) is 0 Å². The van der Waals surface area contributed by atoms with Crippen molar-refractivity contribution in [3.05, 3.63) is 69.7 Å². The highest BCUT2D eigenvalue weighted by Crippen LogP contribution is 2.28. The molecule has 0 aliphatic carbocycles. The van der Waals surface area contributed by atoms with E-state index in [4.69, 9.17) is 5.73 Å². The molecular weight excluding hydrogens is 312 g/mol. The monoisotopic (exact) mass is 325 g/mol. The van der Waals surface area contributed by atoms with Gasteiger partial charge in [0.25, 0.3) is 0 Å². The Kier molecular flexibility index (Phi) is 4.66. The second-order valence-electron chi connectivity index (χ2n) is 4.36. The summed E-state index contributed by atoms with van der Waals surface area (Å²) in [5, 5.41) is 0. The summed E-state index contributed by atoms with van der Waals surface area (Å²) in [5.74, 6) is -1.17. The molecule has 0 saturated carbocycles. The van der Waals surface area contributed by atoms with Crippen molar-refractivity contribution in [2.45, 2.75) is 12.3 Å². The van der Waals surface area contributed by atoms with E-state index in [1.165, 1.54) is 18.2 Å². The first-order valence-corrected chi connectivity index (χ1v) is 6.80. The van der Waals surface area contributed by atoms with Crippen LogP contribution in [0.3, 0.4) is 0 Å². The molecule has 100 valence electrons. The molecule has 2 aromatic carbocycles. The van der Waals surface area contributed by atoms with Gasteiger partial charge in [-0.1, -0.05) is 40.2 Å². The van der Waals surface area contributed by atoms with Gasteiger partial charge in [0.05, 0.1) is 0 Å². The maximum atomic E-state index is 13.7. The van der Waals surface area contributed by atoms with Crippen LogP contribution >= 0.6 is 15.9 Å². The standard InChI is InChI=1S/C15H14BrF2N/c16-13-5-2-1-4-11(13)10(9-19)8-12-14(17)6-3-7-15(12)18/h1-7,10H,8-9,19H2. The molecule has 0 fully saturated rings. The Morgan fingerprint density at radius 3 is 2.21 bits per heavy atom. The Morgan fingerprint density at radius 1 is 1.00 bits per heavy atom. The summed E-state index contributed by atoms with van der Waals surface area (Å²) < 4.78 is 28.2. The van der Waals surface area contributed by atoms with Crippen molar-refractivity contribution in [3.63, 3.8) is 0 Å². The molecule has 0 radical (unpaired) electrons. The predicted octanol–water partition coefficient (Wildman–Crippen LogP) is 4.01. The summed E-state index contributed by atoms with van der Waals surface area (Å²) in [6.45, 7) is 0.330. The van der Waals surface area contributed by atoms with Crippen LogP contribution in [0.2, 0.25) is 0 Å². The highest BCUT2D eigenvalue weighted by molar-refractivity contribution is 9.10. The molecule has 0 aromatic heterocycles. The van der Waals surface area contributed by atoms with Gasteiger partial charge in [-0.15, -0.1) is 0 Å². The third-order valence-electron chi connectivity index (χ3n) is 3.14. The van der Waals surface area contributed by atoms with Gasteiger partial charge in [-0.25, -0.2) is 8.78 Å². The molecule has 0 aliphatic heterocycles. The van der Waals surface area contributed by atoms with Crippen LogP contribution in [0.1, 0.15) is 17.0 Å². The third kappa shape index (κ3) is 3.19. The highest BCUT2D eigenvalue weighted by atomic mass is 79.9. The summed E-state index contributed by atoms with van der Waals surface area (Å²) >= 11 is 3.45. The fraction of sp³-hybridized carbons (Fsp3) is 0.200. The van der Waals surface area contributed by atoms with Crippen molar-refractivity contribution in [1.82, 2.24) is 0 Å². The minimum atomic E-state index is -0.523. The zero-order valence-corrected chi connectivity index (χ0v) is 11.8. The molecule has 1 atom stereocenters. The maximum absolute atomic E-state index is 13.7. The molecule has 2 aromatic rings. The van der Waals surface area contributed by atoms with Crippen molar-refractivity contribution >= 4 is 15.9 Å². The lowest BCUT2D eigenvalue weighted by molar-refractivity contribution is 0.537. The number of nitrogens with two attached hydrogens (primary N) is 1. The van der Waals surface area contributed by atoms with Crippen LogP contribution in [0.25, 0.3) is 0 Å². The summed E-state index contributed by atoms with van der Waals surface area (Å²) in [4.78, 5) is 0. The number of hydrogen-bond donors (Lipinski definition) is 1. The average Bonchev–Trinajstić information content (AvgIpc) is 2.40. The van der Waals surface area contributed by atoms with E-state index in [0.29, 0.717) is 6.54 Å². The Morgan fingerprint density at radius 2 is 1.63 bits per heavy atom.